The number of halogens is 1. The van der Waals surface area contributed by atoms with Gasteiger partial charge in [0.2, 0.25) is 0 Å². The molecular weight excluding hydrogens is 234 g/mol. The van der Waals surface area contributed by atoms with E-state index >= 15 is 0 Å². The van der Waals surface area contributed by atoms with Crippen molar-refractivity contribution >= 4 is 11.6 Å². The molecule has 2 nitrogen and oxygen atoms in total. The zero-order valence-electron chi connectivity index (χ0n) is 10.3. The van der Waals surface area contributed by atoms with Crippen LogP contribution >= 0.6 is 11.6 Å². The van der Waals surface area contributed by atoms with E-state index in [9.17, 15) is 0 Å². The van der Waals surface area contributed by atoms with Crippen molar-refractivity contribution in [2.45, 2.75) is 19.9 Å². The molecule has 1 heterocycles. The number of aryl methyl sites for hydroxylation is 2. The lowest BCUT2D eigenvalue weighted by Crippen LogP contribution is -2.18. The molecular formula is C14H16ClNO. The van der Waals surface area contributed by atoms with Crippen molar-refractivity contribution in [1.82, 2.24) is 5.32 Å². The summed E-state index contributed by atoms with van der Waals surface area (Å²) >= 11 is 5.97. The molecule has 2 rings (SSSR count). The van der Waals surface area contributed by atoms with E-state index in [0.29, 0.717) is 0 Å². The summed E-state index contributed by atoms with van der Waals surface area (Å²) in [7, 11) is 1.93. The van der Waals surface area contributed by atoms with E-state index in [1.807, 2.05) is 44.3 Å². The number of rotatable bonds is 3. The Hall–Kier alpha value is -1.25. The number of hydrogen-bond acceptors (Lipinski definition) is 2. The smallest absolute Gasteiger partial charge is 0.125 e. The van der Waals surface area contributed by atoms with Crippen molar-refractivity contribution in [3.63, 3.8) is 0 Å². The van der Waals surface area contributed by atoms with Crippen LogP contribution in [0, 0.1) is 13.8 Å². The van der Waals surface area contributed by atoms with E-state index in [1.165, 1.54) is 5.56 Å². The molecule has 0 aliphatic heterocycles. The number of benzene rings is 1. The molecule has 0 radical (unpaired) electrons. The van der Waals surface area contributed by atoms with E-state index in [4.69, 9.17) is 16.0 Å². The van der Waals surface area contributed by atoms with Crippen LogP contribution in [0.1, 0.15) is 28.7 Å². The van der Waals surface area contributed by atoms with Crippen molar-refractivity contribution in [2.24, 2.45) is 0 Å². The first-order valence-electron chi connectivity index (χ1n) is 5.61. The average molecular weight is 250 g/mol. The van der Waals surface area contributed by atoms with E-state index in [2.05, 4.69) is 12.2 Å². The highest BCUT2D eigenvalue weighted by Gasteiger charge is 2.17. The maximum absolute atomic E-state index is 5.97. The van der Waals surface area contributed by atoms with Crippen molar-refractivity contribution < 1.29 is 4.42 Å². The molecule has 90 valence electrons. The number of nitrogens with one attached hydrogen (secondary N) is 1. The van der Waals surface area contributed by atoms with Gasteiger partial charge in [-0.3, -0.25) is 0 Å². The zero-order chi connectivity index (χ0) is 12.4. The van der Waals surface area contributed by atoms with Crippen molar-refractivity contribution in [1.29, 1.82) is 0 Å². The molecule has 17 heavy (non-hydrogen) atoms. The Morgan fingerprint density at radius 1 is 1.18 bits per heavy atom. The van der Waals surface area contributed by atoms with Gasteiger partial charge >= 0.3 is 0 Å². The fraction of sp³-hybridized carbons (Fsp3) is 0.286. The third-order valence-corrected chi connectivity index (χ3v) is 3.11. The maximum Gasteiger partial charge on any atom is 0.125 e. The van der Waals surface area contributed by atoms with Gasteiger partial charge in [-0.2, -0.15) is 0 Å². The number of furan rings is 1. The molecule has 1 aromatic heterocycles. The second-order valence-electron chi connectivity index (χ2n) is 4.17. The fourth-order valence-corrected chi connectivity index (χ4v) is 2.25. The summed E-state index contributed by atoms with van der Waals surface area (Å²) in [5.41, 5.74) is 2.34. The van der Waals surface area contributed by atoms with Crippen LogP contribution in [0.25, 0.3) is 0 Å². The molecule has 0 amide bonds. The van der Waals surface area contributed by atoms with Crippen LogP contribution in [0.3, 0.4) is 0 Å². The second-order valence-corrected chi connectivity index (χ2v) is 4.61. The van der Waals surface area contributed by atoms with Gasteiger partial charge in [0.25, 0.3) is 0 Å². The van der Waals surface area contributed by atoms with Crippen LogP contribution in [-0.2, 0) is 0 Å². The molecule has 1 N–H and O–H groups in total. The summed E-state index contributed by atoms with van der Waals surface area (Å²) in [4.78, 5) is 0. The van der Waals surface area contributed by atoms with Crippen LogP contribution in [0.4, 0.5) is 0 Å². The van der Waals surface area contributed by atoms with Gasteiger partial charge in [0, 0.05) is 5.02 Å². The SMILES string of the molecule is CNC(c1ccc(C)o1)c1ccc(Cl)cc1C. The minimum Gasteiger partial charge on any atom is -0.464 e. The summed E-state index contributed by atoms with van der Waals surface area (Å²) < 4.78 is 5.68. The van der Waals surface area contributed by atoms with E-state index in [-0.39, 0.29) is 6.04 Å². The lowest BCUT2D eigenvalue weighted by molar-refractivity contribution is 0.443. The van der Waals surface area contributed by atoms with Crippen molar-refractivity contribution in [3.05, 3.63) is 58.0 Å². The molecule has 0 fully saturated rings. The summed E-state index contributed by atoms with van der Waals surface area (Å²) in [6.07, 6.45) is 0. The summed E-state index contributed by atoms with van der Waals surface area (Å²) in [6, 6.07) is 9.97. The zero-order valence-corrected chi connectivity index (χ0v) is 11.0. The average Bonchev–Trinajstić information content (AvgIpc) is 2.69. The Kier molecular flexibility index (Phi) is 3.55. The maximum atomic E-state index is 5.97. The highest BCUT2D eigenvalue weighted by molar-refractivity contribution is 6.30. The summed E-state index contributed by atoms with van der Waals surface area (Å²) in [5, 5.41) is 4.03. The lowest BCUT2D eigenvalue weighted by Gasteiger charge is -2.16. The van der Waals surface area contributed by atoms with Gasteiger partial charge in [-0.1, -0.05) is 17.7 Å². The van der Waals surface area contributed by atoms with Crippen LogP contribution < -0.4 is 5.32 Å². The minimum atomic E-state index is 0.0703. The first-order valence-corrected chi connectivity index (χ1v) is 5.99. The Labute approximate surface area is 107 Å². The molecule has 0 spiro atoms. The largest absolute Gasteiger partial charge is 0.464 e. The van der Waals surface area contributed by atoms with Gasteiger partial charge < -0.3 is 9.73 Å². The first-order chi connectivity index (χ1) is 8.11. The summed E-state index contributed by atoms with van der Waals surface area (Å²) in [5.74, 6) is 1.85. The molecule has 2 aromatic rings. The van der Waals surface area contributed by atoms with Crippen LogP contribution in [0.2, 0.25) is 5.02 Å². The highest BCUT2D eigenvalue weighted by atomic mass is 35.5. The molecule has 0 bridgehead atoms. The van der Waals surface area contributed by atoms with Crippen LogP contribution in [0.5, 0.6) is 0 Å². The molecule has 0 aliphatic carbocycles. The topological polar surface area (TPSA) is 25.2 Å². The van der Waals surface area contributed by atoms with Gasteiger partial charge in [-0.25, -0.2) is 0 Å². The van der Waals surface area contributed by atoms with Gasteiger partial charge in [-0.15, -0.1) is 0 Å². The van der Waals surface area contributed by atoms with Crippen molar-refractivity contribution in [2.75, 3.05) is 7.05 Å². The predicted octanol–water partition coefficient (Wildman–Crippen LogP) is 3.86. The molecule has 1 atom stereocenters. The highest BCUT2D eigenvalue weighted by Crippen LogP contribution is 2.27. The fourth-order valence-electron chi connectivity index (χ4n) is 2.02. The number of hydrogen-bond donors (Lipinski definition) is 1. The van der Waals surface area contributed by atoms with Crippen molar-refractivity contribution in [3.8, 4) is 0 Å². The van der Waals surface area contributed by atoms with Gasteiger partial charge in [-0.05, 0) is 56.3 Å². The third kappa shape index (κ3) is 2.54. The molecule has 1 unspecified atom stereocenters. The third-order valence-electron chi connectivity index (χ3n) is 2.88. The quantitative estimate of drug-likeness (QED) is 0.894. The first kappa shape index (κ1) is 12.2. The van der Waals surface area contributed by atoms with Gasteiger partial charge in [0.15, 0.2) is 0 Å². The Morgan fingerprint density at radius 3 is 2.47 bits per heavy atom. The van der Waals surface area contributed by atoms with E-state index in [1.54, 1.807) is 0 Å². The Morgan fingerprint density at radius 2 is 1.94 bits per heavy atom. The summed E-state index contributed by atoms with van der Waals surface area (Å²) in [6.45, 7) is 4.01. The second kappa shape index (κ2) is 4.94. The van der Waals surface area contributed by atoms with Gasteiger partial charge in [0.05, 0.1) is 6.04 Å². The molecule has 0 saturated carbocycles. The normalized spacial score (nSPS) is 12.7. The molecule has 0 aliphatic rings. The predicted molar refractivity (Wildman–Crippen MR) is 70.5 cm³/mol. The molecule has 0 saturated heterocycles. The Balaban J connectivity index is 2.42. The standard InChI is InChI=1S/C14H16ClNO/c1-9-8-11(15)5-6-12(9)14(16-3)13-7-4-10(2)17-13/h4-8,14,16H,1-3H3. The van der Waals surface area contributed by atoms with Crippen LogP contribution in [0.15, 0.2) is 34.7 Å². The minimum absolute atomic E-state index is 0.0703. The Bertz CT molecular complexity index is 519. The lowest BCUT2D eigenvalue weighted by atomic mass is 9.99. The van der Waals surface area contributed by atoms with E-state index < -0.39 is 0 Å². The van der Waals surface area contributed by atoms with Crippen LogP contribution in [-0.4, -0.2) is 7.05 Å². The van der Waals surface area contributed by atoms with Gasteiger partial charge in [0.1, 0.15) is 11.5 Å². The molecule has 3 heteroatoms. The van der Waals surface area contributed by atoms with E-state index in [0.717, 1.165) is 22.1 Å². The monoisotopic (exact) mass is 249 g/mol. The molecule has 1 aromatic carbocycles.